The zero-order valence-corrected chi connectivity index (χ0v) is 10.7. The van der Waals surface area contributed by atoms with E-state index in [1.165, 1.54) is 22.3 Å². The Morgan fingerprint density at radius 1 is 1.00 bits per heavy atom. The predicted molar refractivity (Wildman–Crippen MR) is 62.9 cm³/mol. The van der Waals surface area contributed by atoms with E-state index in [0.29, 0.717) is 6.61 Å². The Morgan fingerprint density at radius 3 is 2.07 bits per heavy atom. The third-order valence-electron chi connectivity index (χ3n) is 3.79. The topological polar surface area (TPSA) is 18.5 Å². The molecule has 0 aromatic rings. The van der Waals surface area contributed by atoms with Crippen molar-refractivity contribution in [3.8, 4) is 0 Å². The molecule has 2 nitrogen and oxygen atoms in total. The molecular formula is C13H22O2. The molecule has 0 aliphatic heterocycles. The van der Waals surface area contributed by atoms with Crippen LogP contribution in [0.1, 0.15) is 27.7 Å². The summed E-state index contributed by atoms with van der Waals surface area (Å²) in [5.41, 5.74) is 5.56. The summed E-state index contributed by atoms with van der Waals surface area (Å²) in [6, 6.07) is 0. The summed E-state index contributed by atoms with van der Waals surface area (Å²) in [5.74, 6) is 0. The highest BCUT2D eigenvalue weighted by Gasteiger charge is 2.38. The second-order valence-corrected chi connectivity index (χ2v) is 4.55. The van der Waals surface area contributed by atoms with Crippen molar-refractivity contribution in [2.24, 2.45) is 5.41 Å². The van der Waals surface area contributed by atoms with Gasteiger partial charge in [-0.2, -0.15) is 0 Å². The molecule has 0 fully saturated rings. The van der Waals surface area contributed by atoms with Crippen molar-refractivity contribution in [2.75, 3.05) is 27.4 Å². The average molecular weight is 210 g/mol. The normalized spacial score (nSPS) is 26.8. The quantitative estimate of drug-likeness (QED) is 0.710. The third kappa shape index (κ3) is 1.88. The second kappa shape index (κ2) is 4.50. The van der Waals surface area contributed by atoms with Gasteiger partial charge in [-0.15, -0.1) is 0 Å². The maximum atomic E-state index is 5.35. The van der Waals surface area contributed by atoms with Crippen LogP contribution in [0, 0.1) is 5.41 Å². The van der Waals surface area contributed by atoms with Gasteiger partial charge in [0.25, 0.3) is 0 Å². The third-order valence-corrected chi connectivity index (χ3v) is 3.79. The molecule has 0 aromatic carbocycles. The maximum Gasteiger partial charge on any atom is 0.0688 e. The predicted octanol–water partition coefficient (Wildman–Crippen LogP) is 2.95. The summed E-state index contributed by atoms with van der Waals surface area (Å²) in [7, 11) is 3.50. The fourth-order valence-corrected chi connectivity index (χ4v) is 2.46. The number of hydrogen-bond donors (Lipinski definition) is 0. The number of allylic oxidation sites excluding steroid dienone is 2. The minimum absolute atomic E-state index is 0.0267. The number of hydrogen-bond acceptors (Lipinski definition) is 2. The minimum atomic E-state index is 0.0267. The second-order valence-electron chi connectivity index (χ2n) is 4.55. The molecular weight excluding hydrogens is 188 g/mol. The van der Waals surface area contributed by atoms with E-state index in [1.807, 2.05) is 0 Å². The van der Waals surface area contributed by atoms with Gasteiger partial charge in [-0.3, -0.25) is 0 Å². The molecule has 0 amide bonds. The first-order valence-corrected chi connectivity index (χ1v) is 5.35. The molecule has 0 saturated heterocycles. The van der Waals surface area contributed by atoms with Gasteiger partial charge in [-0.05, 0) is 44.4 Å². The van der Waals surface area contributed by atoms with Crippen molar-refractivity contribution < 1.29 is 9.47 Å². The van der Waals surface area contributed by atoms with Crippen LogP contribution in [0.5, 0.6) is 0 Å². The van der Waals surface area contributed by atoms with Crippen LogP contribution in [0.15, 0.2) is 22.3 Å². The van der Waals surface area contributed by atoms with Gasteiger partial charge in [0, 0.05) is 19.6 Å². The first-order chi connectivity index (χ1) is 6.99. The largest absolute Gasteiger partial charge is 0.383 e. The first kappa shape index (κ1) is 12.5. The smallest absolute Gasteiger partial charge is 0.0688 e. The van der Waals surface area contributed by atoms with Crippen LogP contribution in [0.2, 0.25) is 0 Å². The van der Waals surface area contributed by atoms with Crippen LogP contribution in [0.25, 0.3) is 0 Å². The van der Waals surface area contributed by atoms with Crippen molar-refractivity contribution >= 4 is 0 Å². The van der Waals surface area contributed by atoms with Crippen molar-refractivity contribution in [2.45, 2.75) is 27.7 Å². The molecule has 1 rings (SSSR count). The van der Waals surface area contributed by atoms with E-state index >= 15 is 0 Å². The van der Waals surface area contributed by atoms with Crippen LogP contribution in [-0.4, -0.2) is 27.4 Å². The Balaban J connectivity index is 3.13. The highest BCUT2D eigenvalue weighted by Crippen LogP contribution is 2.46. The van der Waals surface area contributed by atoms with Crippen LogP contribution in [0.4, 0.5) is 0 Å². The molecule has 0 heterocycles. The molecule has 0 saturated carbocycles. The number of rotatable bonds is 4. The lowest BCUT2D eigenvalue weighted by Crippen LogP contribution is -2.27. The van der Waals surface area contributed by atoms with E-state index in [0.717, 1.165) is 6.61 Å². The van der Waals surface area contributed by atoms with E-state index in [1.54, 1.807) is 14.2 Å². The monoisotopic (exact) mass is 210 g/mol. The fraction of sp³-hybridized carbons (Fsp3) is 0.692. The van der Waals surface area contributed by atoms with Gasteiger partial charge >= 0.3 is 0 Å². The molecule has 0 bridgehead atoms. The molecule has 1 unspecified atom stereocenters. The molecule has 86 valence electrons. The molecule has 0 radical (unpaired) electrons. The van der Waals surface area contributed by atoms with E-state index in [2.05, 4.69) is 27.7 Å². The Labute approximate surface area is 93.0 Å². The average Bonchev–Trinajstić information content (AvgIpc) is 2.35. The molecule has 1 atom stereocenters. The Kier molecular flexibility index (Phi) is 3.74. The van der Waals surface area contributed by atoms with Gasteiger partial charge in [-0.25, -0.2) is 0 Å². The maximum absolute atomic E-state index is 5.35. The number of ether oxygens (including phenoxy) is 2. The van der Waals surface area contributed by atoms with Gasteiger partial charge in [0.15, 0.2) is 0 Å². The van der Waals surface area contributed by atoms with Crippen LogP contribution >= 0.6 is 0 Å². The summed E-state index contributed by atoms with van der Waals surface area (Å²) in [5, 5.41) is 0. The highest BCUT2D eigenvalue weighted by atomic mass is 16.5. The lowest BCUT2D eigenvalue weighted by atomic mass is 9.79. The fourth-order valence-electron chi connectivity index (χ4n) is 2.46. The van der Waals surface area contributed by atoms with Crippen molar-refractivity contribution in [1.29, 1.82) is 0 Å². The SMILES string of the molecule is COCC1=C(C)C(C)=C(C)C1(C)COC. The molecule has 1 aliphatic carbocycles. The zero-order chi connectivity index (χ0) is 11.6. The Morgan fingerprint density at radius 2 is 1.60 bits per heavy atom. The summed E-state index contributed by atoms with van der Waals surface area (Å²) >= 11 is 0. The molecule has 0 N–H and O–H groups in total. The standard InChI is InChI=1S/C13H22O2/c1-9-10(2)12(7-14-5)13(4,8-15-6)11(9)3/h7-8H2,1-6H3. The molecule has 0 spiro atoms. The summed E-state index contributed by atoms with van der Waals surface area (Å²) < 4.78 is 10.6. The van der Waals surface area contributed by atoms with Crippen LogP contribution < -0.4 is 0 Å². The summed E-state index contributed by atoms with van der Waals surface area (Å²) in [6.07, 6.45) is 0. The van der Waals surface area contributed by atoms with E-state index < -0.39 is 0 Å². The van der Waals surface area contributed by atoms with E-state index in [9.17, 15) is 0 Å². The first-order valence-electron chi connectivity index (χ1n) is 5.35. The minimum Gasteiger partial charge on any atom is -0.383 e. The van der Waals surface area contributed by atoms with E-state index in [-0.39, 0.29) is 5.41 Å². The lowest BCUT2D eigenvalue weighted by molar-refractivity contribution is 0.121. The molecule has 15 heavy (non-hydrogen) atoms. The lowest BCUT2D eigenvalue weighted by Gasteiger charge is -2.29. The van der Waals surface area contributed by atoms with Crippen molar-refractivity contribution in [3.63, 3.8) is 0 Å². The Bertz CT molecular complexity index is 312. The molecule has 1 aliphatic rings. The number of methoxy groups -OCH3 is 2. The van der Waals surface area contributed by atoms with Crippen molar-refractivity contribution in [3.05, 3.63) is 22.3 Å². The van der Waals surface area contributed by atoms with E-state index in [4.69, 9.17) is 9.47 Å². The van der Waals surface area contributed by atoms with Gasteiger partial charge in [-0.1, -0.05) is 5.57 Å². The Hall–Kier alpha value is -0.600. The van der Waals surface area contributed by atoms with Crippen LogP contribution in [-0.2, 0) is 9.47 Å². The summed E-state index contributed by atoms with van der Waals surface area (Å²) in [6.45, 7) is 10.2. The highest BCUT2D eigenvalue weighted by molar-refractivity contribution is 5.51. The zero-order valence-electron chi connectivity index (χ0n) is 10.7. The summed E-state index contributed by atoms with van der Waals surface area (Å²) in [4.78, 5) is 0. The van der Waals surface area contributed by atoms with Crippen LogP contribution in [0.3, 0.4) is 0 Å². The molecule has 0 aromatic heterocycles. The van der Waals surface area contributed by atoms with Crippen molar-refractivity contribution in [1.82, 2.24) is 0 Å². The molecule has 2 heteroatoms. The van der Waals surface area contributed by atoms with Gasteiger partial charge in [0.1, 0.15) is 0 Å². The van der Waals surface area contributed by atoms with Gasteiger partial charge in [0.2, 0.25) is 0 Å². The van der Waals surface area contributed by atoms with Gasteiger partial charge < -0.3 is 9.47 Å². The van der Waals surface area contributed by atoms with Gasteiger partial charge in [0.05, 0.1) is 13.2 Å².